The quantitative estimate of drug-likeness (QED) is 0.0546. The van der Waals surface area contributed by atoms with Crippen molar-refractivity contribution < 1.29 is 55.1 Å². The number of likely N-dealkylation sites (N-methyl/N-ethyl adjacent to an activating group) is 1. The van der Waals surface area contributed by atoms with E-state index in [9.17, 15) is 25.5 Å². The highest BCUT2D eigenvalue weighted by molar-refractivity contribution is 4.97. The summed E-state index contributed by atoms with van der Waals surface area (Å²) >= 11 is 0. The number of nitrogens with two attached hydrogens (primary N) is 3. The largest absolute Gasteiger partial charge is 0.396 e. The molecule has 4 rings (SSSR count). The average molecular weight is 719 g/mol. The van der Waals surface area contributed by atoms with Crippen molar-refractivity contribution in [3.63, 3.8) is 0 Å². The molecule has 13 heteroatoms. The summed E-state index contributed by atoms with van der Waals surface area (Å²) in [6, 6.07) is 0.307. The second kappa shape index (κ2) is 22.0. The Hall–Kier alpha value is -0.520. The van der Waals surface area contributed by atoms with Crippen molar-refractivity contribution in [2.45, 2.75) is 164 Å². The van der Waals surface area contributed by atoms with Gasteiger partial charge in [-0.1, -0.05) is 0 Å². The van der Waals surface area contributed by atoms with Crippen LogP contribution >= 0.6 is 0 Å². The Morgan fingerprint density at radius 1 is 0.920 bits per heavy atom. The van der Waals surface area contributed by atoms with Gasteiger partial charge in [-0.2, -0.15) is 0 Å². The average Bonchev–Trinajstić information content (AvgIpc) is 3.09. The number of piperidine rings is 1. The summed E-state index contributed by atoms with van der Waals surface area (Å²) in [6.07, 6.45) is 7.23. The first kappa shape index (κ1) is 42.2. The SMILES string of the molecule is CC[NH2+]C(CCC1CC[NH2+]C(N)C1)COC1CC(C2OC(CCC3CCC(O)C(OCNCC(C)O)C3)CC(O)C2CCO)CC(OC)C1O. The Balaban J connectivity index is 1.34. The van der Waals surface area contributed by atoms with Crippen LogP contribution in [0.1, 0.15) is 97.3 Å². The van der Waals surface area contributed by atoms with Crippen molar-refractivity contribution in [3.05, 3.63) is 0 Å². The van der Waals surface area contributed by atoms with Gasteiger partial charge in [0, 0.05) is 39.0 Å². The van der Waals surface area contributed by atoms with E-state index in [2.05, 4.69) is 22.9 Å². The highest BCUT2D eigenvalue weighted by Gasteiger charge is 2.47. The fraction of sp³-hybridized carbons (Fsp3) is 1.00. The number of rotatable bonds is 20. The van der Waals surface area contributed by atoms with Crippen LogP contribution in [0.3, 0.4) is 0 Å². The summed E-state index contributed by atoms with van der Waals surface area (Å²) in [7, 11) is 1.64. The van der Waals surface area contributed by atoms with Crippen LogP contribution in [0.15, 0.2) is 0 Å². The summed E-state index contributed by atoms with van der Waals surface area (Å²) in [5.74, 6) is 0.843. The van der Waals surface area contributed by atoms with E-state index in [0.717, 1.165) is 58.0 Å². The van der Waals surface area contributed by atoms with Gasteiger partial charge in [0.15, 0.2) is 0 Å². The van der Waals surface area contributed by atoms with E-state index in [0.29, 0.717) is 69.9 Å². The zero-order chi connectivity index (χ0) is 36.0. The molecule has 2 aliphatic heterocycles. The normalized spacial score (nSPS) is 39.7. The summed E-state index contributed by atoms with van der Waals surface area (Å²) in [5, 5.41) is 60.4. The third-order valence-electron chi connectivity index (χ3n) is 12.1. The third kappa shape index (κ3) is 13.1. The van der Waals surface area contributed by atoms with Crippen LogP contribution in [0.25, 0.3) is 0 Å². The molecule has 15 unspecified atom stereocenters. The van der Waals surface area contributed by atoms with Crippen LogP contribution in [-0.2, 0) is 18.9 Å². The molecule has 0 aromatic heterocycles. The van der Waals surface area contributed by atoms with Gasteiger partial charge < -0.3 is 55.1 Å². The fourth-order valence-electron chi connectivity index (χ4n) is 9.28. The third-order valence-corrected chi connectivity index (χ3v) is 12.1. The Morgan fingerprint density at radius 2 is 1.70 bits per heavy atom. The molecule has 0 bridgehead atoms. The molecule has 4 aliphatic rings. The van der Waals surface area contributed by atoms with Gasteiger partial charge in [-0.25, -0.2) is 0 Å². The molecule has 0 amide bonds. The van der Waals surface area contributed by atoms with Gasteiger partial charge in [-0.05, 0) is 102 Å². The van der Waals surface area contributed by atoms with Crippen molar-refractivity contribution in [1.82, 2.24) is 5.32 Å². The minimum atomic E-state index is -0.745. The van der Waals surface area contributed by atoms with E-state index < -0.39 is 36.6 Å². The molecule has 4 fully saturated rings. The highest BCUT2D eigenvalue weighted by Crippen LogP contribution is 2.42. The molecule has 0 spiro atoms. The van der Waals surface area contributed by atoms with Gasteiger partial charge in [-0.15, -0.1) is 0 Å². The van der Waals surface area contributed by atoms with Crippen molar-refractivity contribution in [2.75, 3.05) is 46.7 Å². The lowest BCUT2D eigenvalue weighted by molar-refractivity contribution is -0.700. The molecule has 0 aromatic carbocycles. The Kier molecular flexibility index (Phi) is 18.6. The molecular formula is C37H74N4O9+2. The van der Waals surface area contributed by atoms with E-state index in [1.807, 2.05) is 0 Å². The second-order valence-corrected chi connectivity index (χ2v) is 16.1. The molecule has 0 aromatic rings. The number of aliphatic hydroxyl groups is 5. The van der Waals surface area contributed by atoms with E-state index in [-0.39, 0.29) is 42.9 Å². The molecule has 2 saturated heterocycles. The lowest BCUT2D eigenvalue weighted by atomic mass is 9.72. The maximum atomic E-state index is 11.4. The van der Waals surface area contributed by atoms with Gasteiger partial charge >= 0.3 is 0 Å². The predicted molar refractivity (Wildman–Crippen MR) is 189 cm³/mol. The monoisotopic (exact) mass is 719 g/mol. The summed E-state index contributed by atoms with van der Waals surface area (Å²) in [6.45, 7) is 7.21. The minimum absolute atomic E-state index is 0.00711. The number of quaternary nitrogens is 2. The molecule has 294 valence electrons. The number of aliphatic hydroxyl groups excluding tert-OH is 5. The highest BCUT2D eigenvalue weighted by atomic mass is 16.5. The molecular weight excluding hydrogens is 644 g/mol. The van der Waals surface area contributed by atoms with Crippen molar-refractivity contribution in [2.24, 2.45) is 29.4 Å². The standard InChI is InChI=1S/C37H72N4O9/c1-4-40-27(8-5-25-11-13-41-35(38)16-25)21-48-34-18-26(17-33(47-3)36(34)46)37-29(12-14-42)31(45)19-28(50-37)9-6-24-7-10-30(44)32(15-24)49-22-39-20-23(2)43/h23-37,39-46H,4-22,38H2,1-3H3/p+2. The Morgan fingerprint density at radius 3 is 2.42 bits per heavy atom. The lowest BCUT2D eigenvalue weighted by Crippen LogP contribution is -2.94. The van der Waals surface area contributed by atoms with Crippen molar-refractivity contribution >= 4 is 0 Å². The predicted octanol–water partition coefficient (Wildman–Crippen LogP) is -1.08. The number of hydrogen-bond donors (Lipinski definition) is 9. The van der Waals surface area contributed by atoms with Crippen LogP contribution in [0, 0.1) is 23.7 Å². The first-order chi connectivity index (χ1) is 24.1. The summed E-state index contributed by atoms with van der Waals surface area (Å²) in [5.41, 5.74) is 6.21. The van der Waals surface area contributed by atoms with Gasteiger partial charge in [-0.3, -0.25) is 11.1 Å². The van der Waals surface area contributed by atoms with Crippen LogP contribution in [-0.4, -0.2) is 139 Å². The number of methoxy groups -OCH3 is 1. The van der Waals surface area contributed by atoms with Crippen molar-refractivity contribution in [1.29, 1.82) is 0 Å². The second-order valence-electron chi connectivity index (χ2n) is 16.1. The summed E-state index contributed by atoms with van der Waals surface area (Å²) < 4.78 is 25.2. The molecule has 12 N–H and O–H groups in total. The Bertz CT molecular complexity index is 924. The number of nitrogens with one attached hydrogen (secondary N) is 1. The maximum Gasteiger partial charge on any atom is 0.137 e. The number of hydrogen-bond acceptors (Lipinski definition) is 11. The van der Waals surface area contributed by atoms with Gasteiger partial charge in [0.05, 0.1) is 75.3 Å². The van der Waals surface area contributed by atoms with E-state index >= 15 is 0 Å². The molecule has 0 radical (unpaired) electrons. The molecule has 2 aliphatic carbocycles. The first-order valence-corrected chi connectivity index (χ1v) is 20.0. The maximum absolute atomic E-state index is 11.4. The van der Waals surface area contributed by atoms with Gasteiger partial charge in [0.2, 0.25) is 0 Å². The molecule has 13 nitrogen and oxygen atoms in total. The lowest BCUT2D eigenvalue weighted by Gasteiger charge is -2.48. The van der Waals surface area contributed by atoms with E-state index in [4.69, 9.17) is 24.7 Å². The first-order valence-electron chi connectivity index (χ1n) is 20.0. The van der Waals surface area contributed by atoms with Crippen LogP contribution < -0.4 is 21.7 Å². The van der Waals surface area contributed by atoms with Gasteiger partial charge in [0.1, 0.15) is 18.3 Å². The van der Waals surface area contributed by atoms with E-state index in [1.165, 1.54) is 6.42 Å². The van der Waals surface area contributed by atoms with Gasteiger partial charge in [0.25, 0.3) is 0 Å². The minimum Gasteiger partial charge on any atom is -0.396 e. The van der Waals surface area contributed by atoms with E-state index in [1.54, 1.807) is 14.0 Å². The summed E-state index contributed by atoms with van der Waals surface area (Å²) in [4.78, 5) is 0. The molecule has 50 heavy (non-hydrogen) atoms. The zero-order valence-electron chi connectivity index (χ0n) is 31.2. The Labute approximate surface area is 300 Å². The molecule has 2 saturated carbocycles. The fourth-order valence-corrected chi connectivity index (χ4v) is 9.28. The van der Waals surface area contributed by atoms with Crippen molar-refractivity contribution in [3.8, 4) is 0 Å². The van der Waals surface area contributed by atoms with Crippen LogP contribution in [0.5, 0.6) is 0 Å². The zero-order valence-corrected chi connectivity index (χ0v) is 31.2. The smallest absolute Gasteiger partial charge is 0.137 e. The molecule has 2 heterocycles. The topological polar surface area (TPSA) is 209 Å². The van der Waals surface area contributed by atoms with Crippen LogP contribution in [0.2, 0.25) is 0 Å². The number of ether oxygens (including phenoxy) is 4. The molecule has 15 atom stereocenters. The van der Waals surface area contributed by atoms with Crippen LogP contribution in [0.4, 0.5) is 0 Å².